The molecular formula is C26H32N2O4. The van der Waals surface area contributed by atoms with Crippen molar-refractivity contribution in [2.24, 2.45) is 5.92 Å². The fraction of sp³-hybridized carbons (Fsp3) is 0.500. The molecule has 1 amide bonds. The Balaban J connectivity index is 1.45. The third kappa shape index (κ3) is 4.21. The maximum atomic E-state index is 13.1. The molecule has 1 aliphatic carbocycles. The number of nitrogens with one attached hydrogen (secondary N) is 1. The molecule has 2 fully saturated rings. The van der Waals surface area contributed by atoms with Crippen LogP contribution in [0.3, 0.4) is 0 Å². The van der Waals surface area contributed by atoms with Crippen molar-refractivity contribution >= 4 is 5.91 Å². The molecule has 0 spiro atoms. The molecule has 3 aliphatic rings. The molecule has 32 heavy (non-hydrogen) atoms. The molecule has 2 heterocycles. The molecule has 2 aromatic rings. The monoisotopic (exact) mass is 436 g/mol. The number of rotatable bonds is 5. The molecule has 170 valence electrons. The second-order valence-corrected chi connectivity index (χ2v) is 9.59. The second kappa shape index (κ2) is 8.75. The van der Waals surface area contributed by atoms with Crippen molar-refractivity contribution in [2.75, 3.05) is 13.3 Å². The average Bonchev–Trinajstić information content (AvgIpc) is 3.48. The Kier molecular flexibility index (Phi) is 5.82. The van der Waals surface area contributed by atoms with Gasteiger partial charge in [0.2, 0.25) is 12.7 Å². The topological polar surface area (TPSA) is 71.0 Å². The van der Waals surface area contributed by atoms with Gasteiger partial charge in [0.05, 0.1) is 17.7 Å². The standard InChI is InChI=1S/C26H32N2O4/c1-26(30)13-14-28(16-18-11-12-21-22(15-18)32-17-31-21)23(19-7-3-2-4-8-19)24(26)27-25(29)20-9-5-6-10-20/h2-4,7-8,11-12,15,20,23-24,30H,5-6,9-10,13-14,16-17H2,1H3,(H,27,29)/t23-,24-,26+/m0/s1. The molecular weight excluding hydrogens is 404 g/mol. The van der Waals surface area contributed by atoms with E-state index in [0.29, 0.717) is 13.0 Å². The third-order valence-corrected chi connectivity index (χ3v) is 7.27. The molecule has 0 radical (unpaired) electrons. The minimum absolute atomic E-state index is 0.0615. The summed E-state index contributed by atoms with van der Waals surface area (Å²) in [5, 5.41) is 14.7. The summed E-state index contributed by atoms with van der Waals surface area (Å²) >= 11 is 0. The normalized spacial score (nSPS) is 28.1. The molecule has 0 aromatic heterocycles. The van der Waals surface area contributed by atoms with Crippen molar-refractivity contribution in [3.05, 3.63) is 59.7 Å². The maximum absolute atomic E-state index is 13.1. The van der Waals surface area contributed by atoms with Crippen LogP contribution in [0, 0.1) is 5.92 Å². The lowest BCUT2D eigenvalue weighted by molar-refractivity contribution is -0.132. The second-order valence-electron chi connectivity index (χ2n) is 9.59. The Labute approximate surface area is 189 Å². The average molecular weight is 437 g/mol. The molecule has 0 unspecified atom stereocenters. The minimum atomic E-state index is -0.986. The summed E-state index contributed by atoms with van der Waals surface area (Å²) in [4.78, 5) is 15.5. The van der Waals surface area contributed by atoms with Crippen LogP contribution in [0.4, 0.5) is 0 Å². The fourth-order valence-electron chi connectivity index (χ4n) is 5.41. The molecule has 1 saturated heterocycles. The quantitative estimate of drug-likeness (QED) is 0.746. The summed E-state index contributed by atoms with van der Waals surface area (Å²) in [5.74, 6) is 1.69. The Morgan fingerprint density at radius 1 is 1.12 bits per heavy atom. The van der Waals surface area contributed by atoms with Gasteiger partial charge in [-0.15, -0.1) is 0 Å². The van der Waals surface area contributed by atoms with Gasteiger partial charge in [-0.05, 0) is 49.4 Å². The highest BCUT2D eigenvalue weighted by Gasteiger charge is 2.46. The van der Waals surface area contributed by atoms with Gasteiger partial charge >= 0.3 is 0 Å². The van der Waals surface area contributed by atoms with Gasteiger partial charge in [-0.3, -0.25) is 9.69 Å². The molecule has 2 N–H and O–H groups in total. The summed E-state index contributed by atoms with van der Waals surface area (Å²) < 4.78 is 11.0. The van der Waals surface area contributed by atoms with E-state index >= 15 is 0 Å². The van der Waals surface area contributed by atoms with E-state index in [1.165, 1.54) is 0 Å². The SMILES string of the molecule is C[C@@]1(O)CCN(Cc2ccc3c(c2)OCO3)[C@@H](c2ccccc2)[C@@H]1NC(=O)C1CCCC1. The Bertz CT molecular complexity index is 956. The van der Waals surface area contributed by atoms with Gasteiger partial charge in [-0.1, -0.05) is 49.2 Å². The van der Waals surface area contributed by atoms with E-state index in [9.17, 15) is 9.90 Å². The summed E-state index contributed by atoms with van der Waals surface area (Å²) in [6.07, 6.45) is 4.70. The van der Waals surface area contributed by atoms with E-state index in [1.54, 1.807) is 0 Å². The first kappa shape index (κ1) is 21.3. The molecule has 1 saturated carbocycles. The number of amides is 1. The van der Waals surface area contributed by atoms with E-state index in [-0.39, 0.29) is 30.7 Å². The van der Waals surface area contributed by atoms with Gasteiger partial charge in [0, 0.05) is 19.0 Å². The maximum Gasteiger partial charge on any atom is 0.231 e. The first-order chi connectivity index (χ1) is 15.5. The first-order valence-corrected chi connectivity index (χ1v) is 11.7. The number of carbonyl (C=O) groups is 1. The summed E-state index contributed by atoms with van der Waals surface area (Å²) in [7, 11) is 0. The molecule has 6 nitrogen and oxygen atoms in total. The van der Waals surface area contributed by atoms with Crippen LogP contribution in [0.5, 0.6) is 11.5 Å². The van der Waals surface area contributed by atoms with Gasteiger partial charge in [-0.25, -0.2) is 0 Å². The van der Waals surface area contributed by atoms with E-state index in [0.717, 1.165) is 54.9 Å². The highest BCUT2D eigenvalue weighted by Crippen LogP contribution is 2.40. The number of carbonyl (C=O) groups excluding carboxylic acids is 1. The predicted octanol–water partition coefficient (Wildman–Crippen LogP) is 3.79. The van der Waals surface area contributed by atoms with Crippen LogP contribution in [0.25, 0.3) is 0 Å². The summed E-state index contributed by atoms with van der Waals surface area (Å²) in [6, 6.07) is 15.8. The van der Waals surface area contributed by atoms with Crippen LogP contribution in [0.1, 0.15) is 56.2 Å². The lowest BCUT2D eigenvalue weighted by Gasteiger charge is -2.49. The smallest absolute Gasteiger partial charge is 0.231 e. The van der Waals surface area contributed by atoms with Crippen molar-refractivity contribution < 1.29 is 19.4 Å². The molecule has 2 aromatic carbocycles. The zero-order chi connectivity index (χ0) is 22.1. The van der Waals surface area contributed by atoms with E-state index < -0.39 is 5.60 Å². The van der Waals surface area contributed by atoms with Crippen molar-refractivity contribution in [1.82, 2.24) is 10.2 Å². The number of hydrogen-bond donors (Lipinski definition) is 2. The van der Waals surface area contributed by atoms with Gasteiger partial charge in [0.15, 0.2) is 11.5 Å². The van der Waals surface area contributed by atoms with Crippen LogP contribution >= 0.6 is 0 Å². The van der Waals surface area contributed by atoms with Crippen molar-refractivity contribution in [3.8, 4) is 11.5 Å². The van der Waals surface area contributed by atoms with Gasteiger partial charge < -0.3 is 19.9 Å². The number of likely N-dealkylation sites (tertiary alicyclic amines) is 1. The van der Waals surface area contributed by atoms with Crippen molar-refractivity contribution in [2.45, 2.75) is 63.3 Å². The van der Waals surface area contributed by atoms with Gasteiger partial charge in [-0.2, -0.15) is 0 Å². The summed E-state index contributed by atoms with van der Waals surface area (Å²) in [6.45, 7) is 3.55. The van der Waals surface area contributed by atoms with Crippen LogP contribution in [0.2, 0.25) is 0 Å². The highest BCUT2D eigenvalue weighted by molar-refractivity contribution is 5.79. The zero-order valence-electron chi connectivity index (χ0n) is 18.6. The van der Waals surface area contributed by atoms with Crippen LogP contribution in [-0.2, 0) is 11.3 Å². The highest BCUT2D eigenvalue weighted by atomic mass is 16.7. The predicted molar refractivity (Wildman–Crippen MR) is 121 cm³/mol. The lowest BCUT2D eigenvalue weighted by Crippen LogP contribution is -2.62. The first-order valence-electron chi connectivity index (χ1n) is 11.7. The van der Waals surface area contributed by atoms with Crippen molar-refractivity contribution in [1.29, 1.82) is 0 Å². The number of ether oxygens (including phenoxy) is 2. The van der Waals surface area contributed by atoms with Gasteiger partial charge in [0.25, 0.3) is 0 Å². The lowest BCUT2D eigenvalue weighted by atomic mass is 9.79. The van der Waals surface area contributed by atoms with Crippen LogP contribution in [0.15, 0.2) is 48.5 Å². The van der Waals surface area contributed by atoms with E-state index in [4.69, 9.17) is 9.47 Å². The Hall–Kier alpha value is -2.57. The molecule has 6 heteroatoms. The molecule has 3 atom stereocenters. The minimum Gasteiger partial charge on any atom is -0.454 e. The fourth-order valence-corrected chi connectivity index (χ4v) is 5.41. The van der Waals surface area contributed by atoms with E-state index in [1.807, 2.05) is 37.3 Å². The largest absolute Gasteiger partial charge is 0.454 e. The molecule has 2 aliphatic heterocycles. The number of benzene rings is 2. The number of nitrogens with zero attached hydrogens (tertiary/aromatic N) is 1. The van der Waals surface area contributed by atoms with Crippen LogP contribution in [-0.4, -0.2) is 40.9 Å². The Morgan fingerprint density at radius 2 is 1.88 bits per heavy atom. The number of piperidine rings is 1. The third-order valence-electron chi connectivity index (χ3n) is 7.27. The number of aliphatic hydroxyl groups is 1. The number of fused-ring (bicyclic) bond motifs is 1. The van der Waals surface area contributed by atoms with Crippen molar-refractivity contribution in [3.63, 3.8) is 0 Å². The number of hydrogen-bond acceptors (Lipinski definition) is 5. The zero-order valence-corrected chi connectivity index (χ0v) is 18.6. The molecule has 0 bridgehead atoms. The molecule has 5 rings (SSSR count). The van der Waals surface area contributed by atoms with Gasteiger partial charge in [0.1, 0.15) is 0 Å². The van der Waals surface area contributed by atoms with Crippen LogP contribution < -0.4 is 14.8 Å². The summed E-state index contributed by atoms with van der Waals surface area (Å²) in [5.41, 5.74) is 1.24. The Morgan fingerprint density at radius 3 is 2.66 bits per heavy atom. The van der Waals surface area contributed by atoms with E-state index in [2.05, 4.69) is 28.4 Å².